The molecule has 1 aromatic heterocycles. The van der Waals surface area contributed by atoms with Crippen LogP contribution in [0.5, 0.6) is 0 Å². The molecule has 128 valence electrons. The molecule has 2 aromatic carbocycles. The molecule has 0 aliphatic heterocycles. The van der Waals surface area contributed by atoms with E-state index in [-0.39, 0.29) is 10.1 Å². The number of carbonyl (C=O) groups is 1. The van der Waals surface area contributed by atoms with Gasteiger partial charge in [0, 0.05) is 10.7 Å². The lowest BCUT2D eigenvalue weighted by Crippen LogP contribution is -2.34. The monoisotopic (exact) mass is 427 g/mol. The van der Waals surface area contributed by atoms with Crippen LogP contribution in [0.3, 0.4) is 0 Å². The van der Waals surface area contributed by atoms with E-state index in [9.17, 15) is 4.79 Å². The van der Waals surface area contributed by atoms with Crippen LogP contribution in [0.4, 0.5) is 5.69 Å². The average molecular weight is 428 g/mol. The van der Waals surface area contributed by atoms with Crippen LogP contribution in [0.1, 0.15) is 10.4 Å². The number of carbonyl (C=O) groups excluding carboxylic acids is 1. The Balaban J connectivity index is 1.70. The van der Waals surface area contributed by atoms with E-state index in [1.54, 1.807) is 35.2 Å². The number of rotatable bonds is 3. The molecule has 0 aliphatic rings. The SMILES string of the molecule is CSc1nc2ccc(NC(=S)NC(=O)c3ccc(Cl)cc3Cl)cc2s1. The molecule has 0 saturated heterocycles. The van der Waals surface area contributed by atoms with Crippen molar-refractivity contribution in [1.82, 2.24) is 10.3 Å². The van der Waals surface area contributed by atoms with Crippen LogP contribution in [-0.2, 0) is 0 Å². The molecule has 0 atom stereocenters. The number of aromatic nitrogens is 1. The van der Waals surface area contributed by atoms with Crippen LogP contribution in [0, 0.1) is 0 Å². The third-order valence-electron chi connectivity index (χ3n) is 3.20. The zero-order valence-corrected chi connectivity index (χ0v) is 16.8. The molecule has 9 heteroatoms. The van der Waals surface area contributed by atoms with Crippen LogP contribution in [0.2, 0.25) is 10.0 Å². The van der Waals surface area contributed by atoms with E-state index in [4.69, 9.17) is 35.4 Å². The number of hydrogen-bond donors (Lipinski definition) is 2. The molecule has 0 unspecified atom stereocenters. The Morgan fingerprint density at radius 3 is 2.76 bits per heavy atom. The van der Waals surface area contributed by atoms with Gasteiger partial charge in [-0.25, -0.2) is 4.98 Å². The molecule has 1 heterocycles. The number of benzene rings is 2. The van der Waals surface area contributed by atoms with E-state index in [1.807, 2.05) is 24.5 Å². The molecule has 0 bridgehead atoms. The predicted octanol–water partition coefficient (Wildman–Crippen LogP) is 5.45. The molecule has 3 aromatic rings. The molecule has 4 nitrogen and oxygen atoms in total. The fraction of sp³-hybridized carbons (Fsp3) is 0.0625. The highest BCUT2D eigenvalue weighted by molar-refractivity contribution is 8.00. The minimum absolute atomic E-state index is 0.185. The fourth-order valence-corrected chi connectivity index (χ4v) is 4.31. The maximum absolute atomic E-state index is 12.3. The summed E-state index contributed by atoms with van der Waals surface area (Å²) < 4.78 is 2.05. The summed E-state index contributed by atoms with van der Waals surface area (Å²) in [6, 6.07) is 10.4. The van der Waals surface area contributed by atoms with Crippen molar-refractivity contribution in [2.24, 2.45) is 0 Å². The Hall–Kier alpha value is -1.38. The first kappa shape index (κ1) is 18.4. The highest BCUT2D eigenvalue weighted by atomic mass is 35.5. The Morgan fingerprint density at radius 1 is 1.24 bits per heavy atom. The minimum atomic E-state index is -0.400. The third-order valence-corrected chi connectivity index (χ3v) is 5.96. The number of nitrogens with one attached hydrogen (secondary N) is 2. The first-order chi connectivity index (χ1) is 12.0. The van der Waals surface area contributed by atoms with E-state index in [0.717, 1.165) is 20.2 Å². The molecular weight excluding hydrogens is 417 g/mol. The Kier molecular flexibility index (Phi) is 5.81. The second-order valence-electron chi connectivity index (χ2n) is 4.90. The van der Waals surface area contributed by atoms with Crippen LogP contribution in [0.25, 0.3) is 10.2 Å². The zero-order valence-electron chi connectivity index (χ0n) is 12.8. The Morgan fingerprint density at radius 2 is 2.04 bits per heavy atom. The molecule has 0 aliphatic carbocycles. The zero-order chi connectivity index (χ0) is 18.0. The van der Waals surface area contributed by atoms with Crippen molar-refractivity contribution in [2.75, 3.05) is 11.6 Å². The second kappa shape index (κ2) is 7.88. The van der Waals surface area contributed by atoms with Crippen molar-refractivity contribution in [3.63, 3.8) is 0 Å². The molecule has 0 spiro atoms. The smallest absolute Gasteiger partial charge is 0.258 e. The molecule has 3 rings (SSSR count). The molecule has 1 amide bonds. The van der Waals surface area contributed by atoms with Gasteiger partial charge in [0.15, 0.2) is 9.45 Å². The van der Waals surface area contributed by atoms with Crippen molar-refractivity contribution in [3.05, 3.63) is 52.0 Å². The number of hydrogen-bond acceptors (Lipinski definition) is 5. The van der Waals surface area contributed by atoms with Gasteiger partial charge in [-0.05, 0) is 54.9 Å². The highest BCUT2D eigenvalue weighted by Crippen LogP contribution is 2.30. The maximum Gasteiger partial charge on any atom is 0.258 e. The van der Waals surface area contributed by atoms with Gasteiger partial charge in [0.1, 0.15) is 0 Å². The lowest BCUT2D eigenvalue weighted by molar-refractivity contribution is 0.0978. The maximum atomic E-state index is 12.3. The predicted molar refractivity (Wildman–Crippen MR) is 112 cm³/mol. The summed E-state index contributed by atoms with van der Waals surface area (Å²) in [6.45, 7) is 0. The van der Waals surface area contributed by atoms with E-state index < -0.39 is 5.91 Å². The van der Waals surface area contributed by atoms with Gasteiger partial charge in [-0.1, -0.05) is 35.0 Å². The van der Waals surface area contributed by atoms with Gasteiger partial charge in [0.25, 0.3) is 5.91 Å². The standard InChI is InChI=1S/C16H11Cl2N3OS3/c1-24-16-20-12-5-3-9(7-13(12)25-16)19-15(23)21-14(22)10-4-2-8(17)6-11(10)18/h2-7H,1H3,(H2,19,21,22,23). The number of anilines is 1. The number of thioether (sulfide) groups is 1. The van der Waals surface area contributed by atoms with E-state index in [1.165, 1.54) is 6.07 Å². The van der Waals surface area contributed by atoms with E-state index >= 15 is 0 Å². The lowest BCUT2D eigenvalue weighted by atomic mass is 10.2. The summed E-state index contributed by atoms with van der Waals surface area (Å²) in [7, 11) is 0. The molecular formula is C16H11Cl2N3OS3. The van der Waals surface area contributed by atoms with Crippen molar-refractivity contribution in [1.29, 1.82) is 0 Å². The van der Waals surface area contributed by atoms with Gasteiger partial charge in [-0.2, -0.15) is 0 Å². The normalized spacial score (nSPS) is 10.7. The fourth-order valence-electron chi connectivity index (χ4n) is 2.07. The summed E-state index contributed by atoms with van der Waals surface area (Å²) >= 11 is 20.3. The summed E-state index contributed by atoms with van der Waals surface area (Å²) in [6.07, 6.45) is 1.99. The van der Waals surface area contributed by atoms with Crippen molar-refractivity contribution < 1.29 is 4.79 Å². The number of fused-ring (bicyclic) bond motifs is 1. The van der Waals surface area contributed by atoms with Gasteiger partial charge in [-0.15, -0.1) is 11.3 Å². The molecule has 2 N–H and O–H groups in total. The lowest BCUT2D eigenvalue weighted by Gasteiger charge is -2.10. The first-order valence-corrected chi connectivity index (χ1v) is 10.2. The first-order valence-electron chi connectivity index (χ1n) is 6.98. The van der Waals surface area contributed by atoms with E-state index in [0.29, 0.717) is 10.6 Å². The van der Waals surface area contributed by atoms with Gasteiger partial charge >= 0.3 is 0 Å². The number of thiocarbonyl (C=S) groups is 1. The van der Waals surface area contributed by atoms with Crippen molar-refractivity contribution in [2.45, 2.75) is 4.34 Å². The number of thiazole rings is 1. The summed E-state index contributed by atoms with van der Waals surface area (Å²) in [5, 5.41) is 6.52. The number of amides is 1. The summed E-state index contributed by atoms with van der Waals surface area (Å²) in [5.41, 5.74) is 2.01. The average Bonchev–Trinajstić information content (AvgIpc) is 2.96. The van der Waals surface area contributed by atoms with Crippen molar-refractivity contribution in [3.8, 4) is 0 Å². The molecule has 0 saturated carbocycles. The largest absolute Gasteiger partial charge is 0.332 e. The van der Waals surface area contributed by atoms with Crippen LogP contribution in [-0.4, -0.2) is 22.3 Å². The molecule has 25 heavy (non-hydrogen) atoms. The van der Waals surface area contributed by atoms with Crippen LogP contribution >= 0.6 is 58.5 Å². The Labute approximate surface area is 167 Å². The number of halogens is 2. The van der Waals surface area contributed by atoms with Crippen molar-refractivity contribution >= 4 is 85.4 Å². The molecule has 0 radical (unpaired) electrons. The topological polar surface area (TPSA) is 54.0 Å². The van der Waals surface area contributed by atoms with Gasteiger partial charge in [0.2, 0.25) is 0 Å². The highest BCUT2D eigenvalue weighted by Gasteiger charge is 2.12. The molecule has 0 fully saturated rings. The Bertz CT molecular complexity index is 974. The quantitative estimate of drug-likeness (QED) is 0.429. The van der Waals surface area contributed by atoms with Gasteiger partial charge < -0.3 is 5.32 Å². The van der Waals surface area contributed by atoms with Crippen LogP contribution in [0.15, 0.2) is 40.7 Å². The minimum Gasteiger partial charge on any atom is -0.332 e. The summed E-state index contributed by atoms with van der Waals surface area (Å²) in [4.78, 5) is 16.7. The van der Waals surface area contributed by atoms with Gasteiger partial charge in [-0.3, -0.25) is 10.1 Å². The number of nitrogens with zero attached hydrogens (tertiary/aromatic N) is 1. The van der Waals surface area contributed by atoms with Gasteiger partial charge in [0.05, 0.1) is 20.8 Å². The van der Waals surface area contributed by atoms with Crippen LogP contribution < -0.4 is 10.6 Å². The summed E-state index contributed by atoms with van der Waals surface area (Å²) in [5.74, 6) is -0.400. The van der Waals surface area contributed by atoms with E-state index in [2.05, 4.69) is 15.6 Å². The third kappa shape index (κ3) is 4.43. The second-order valence-corrected chi connectivity index (χ2v) is 8.23.